The number of aryl methyl sites for hydroxylation is 1. The second kappa shape index (κ2) is 5.95. The highest BCUT2D eigenvalue weighted by molar-refractivity contribution is 5.95. The molecule has 0 aliphatic heterocycles. The van der Waals surface area contributed by atoms with E-state index in [4.69, 9.17) is 12.2 Å². The summed E-state index contributed by atoms with van der Waals surface area (Å²) < 4.78 is 1.50. The Morgan fingerprint density at radius 1 is 1.60 bits per heavy atom. The number of hydrogen-bond acceptors (Lipinski definition) is 5. The molecule has 7 heteroatoms. The number of aromatic nitrogens is 4. The monoisotopic (exact) mass is 270 g/mol. The highest BCUT2D eigenvalue weighted by atomic mass is 16.2. The Morgan fingerprint density at radius 2 is 2.40 bits per heavy atom. The quantitative estimate of drug-likeness (QED) is 0.776. The average Bonchev–Trinajstić information content (AvgIpc) is 2.95. The van der Waals surface area contributed by atoms with Gasteiger partial charge in [-0.05, 0) is 35.0 Å². The average molecular weight is 270 g/mol. The number of rotatable bonds is 4. The second-order valence-corrected chi connectivity index (χ2v) is 4.26. The van der Waals surface area contributed by atoms with Crippen molar-refractivity contribution in [3.05, 3.63) is 30.1 Å². The minimum Gasteiger partial charge on any atom is -0.324 e. The van der Waals surface area contributed by atoms with Crippen LogP contribution in [0.1, 0.15) is 12.0 Å². The van der Waals surface area contributed by atoms with Crippen molar-refractivity contribution in [1.82, 2.24) is 20.2 Å². The number of tetrazole rings is 1. The van der Waals surface area contributed by atoms with E-state index >= 15 is 0 Å². The van der Waals surface area contributed by atoms with Crippen LogP contribution in [0.5, 0.6) is 0 Å². The van der Waals surface area contributed by atoms with Crippen LogP contribution in [0, 0.1) is 19.3 Å². The van der Waals surface area contributed by atoms with Gasteiger partial charge in [0.25, 0.3) is 0 Å². The zero-order valence-corrected chi connectivity index (χ0v) is 10.9. The van der Waals surface area contributed by atoms with Crippen molar-refractivity contribution in [3.63, 3.8) is 0 Å². The van der Waals surface area contributed by atoms with Gasteiger partial charge in [0, 0.05) is 12.1 Å². The van der Waals surface area contributed by atoms with Crippen molar-refractivity contribution < 1.29 is 4.79 Å². The first-order chi connectivity index (χ1) is 9.61. The first-order valence-corrected chi connectivity index (χ1v) is 5.95. The molecule has 0 radical (unpaired) electrons. The minimum atomic E-state index is -0.726. The van der Waals surface area contributed by atoms with Crippen molar-refractivity contribution in [2.45, 2.75) is 19.4 Å². The van der Waals surface area contributed by atoms with Crippen LogP contribution >= 0.6 is 0 Å². The normalized spacial score (nSPS) is 11.7. The SMILES string of the molecule is C#CCC(N)C(=O)Nc1cc(-n2cnnn2)ccc1C. The van der Waals surface area contributed by atoms with Crippen LogP contribution < -0.4 is 11.1 Å². The third kappa shape index (κ3) is 2.99. The molecule has 1 aromatic heterocycles. The number of carbonyl (C=O) groups excluding carboxylic acids is 1. The molecule has 0 spiro atoms. The molecular formula is C13H14N6O. The smallest absolute Gasteiger partial charge is 0.242 e. The van der Waals surface area contributed by atoms with Gasteiger partial charge in [-0.2, -0.15) is 0 Å². The Bertz CT molecular complexity index is 643. The highest BCUT2D eigenvalue weighted by Gasteiger charge is 2.13. The van der Waals surface area contributed by atoms with Crippen LogP contribution in [0.2, 0.25) is 0 Å². The number of amides is 1. The van der Waals surface area contributed by atoms with E-state index < -0.39 is 6.04 Å². The van der Waals surface area contributed by atoms with Crippen molar-refractivity contribution in [1.29, 1.82) is 0 Å². The van der Waals surface area contributed by atoms with E-state index in [1.165, 1.54) is 11.0 Å². The lowest BCUT2D eigenvalue weighted by molar-refractivity contribution is -0.117. The molecule has 0 bridgehead atoms. The van der Waals surface area contributed by atoms with E-state index in [1.54, 1.807) is 6.07 Å². The Morgan fingerprint density at radius 3 is 3.05 bits per heavy atom. The summed E-state index contributed by atoms with van der Waals surface area (Å²) in [5, 5.41) is 13.7. The predicted molar refractivity (Wildman–Crippen MR) is 73.9 cm³/mol. The third-order valence-corrected chi connectivity index (χ3v) is 2.77. The Hall–Kier alpha value is -2.72. The van der Waals surface area contributed by atoms with Gasteiger partial charge in [-0.3, -0.25) is 4.79 Å². The zero-order chi connectivity index (χ0) is 14.5. The van der Waals surface area contributed by atoms with Gasteiger partial charge < -0.3 is 11.1 Å². The summed E-state index contributed by atoms with van der Waals surface area (Å²) in [4.78, 5) is 11.9. The van der Waals surface area contributed by atoms with Gasteiger partial charge >= 0.3 is 0 Å². The Labute approximate surface area is 116 Å². The molecule has 2 rings (SSSR count). The van der Waals surface area contributed by atoms with E-state index in [-0.39, 0.29) is 12.3 Å². The van der Waals surface area contributed by atoms with E-state index in [0.717, 1.165) is 11.3 Å². The summed E-state index contributed by atoms with van der Waals surface area (Å²) in [5.41, 5.74) is 7.96. The summed E-state index contributed by atoms with van der Waals surface area (Å²) in [7, 11) is 0. The summed E-state index contributed by atoms with van der Waals surface area (Å²) in [6.07, 6.45) is 6.81. The number of nitrogens with two attached hydrogens (primary N) is 1. The fourth-order valence-corrected chi connectivity index (χ4v) is 1.61. The number of nitrogens with zero attached hydrogens (tertiary/aromatic N) is 4. The summed E-state index contributed by atoms with van der Waals surface area (Å²) >= 11 is 0. The lowest BCUT2D eigenvalue weighted by Crippen LogP contribution is -2.35. The highest BCUT2D eigenvalue weighted by Crippen LogP contribution is 2.19. The molecule has 0 fully saturated rings. The summed E-state index contributed by atoms with van der Waals surface area (Å²) in [5.74, 6) is 2.05. The van der Waals surface area contributed by atoms with Crippen molar-refractivity contribution >= 4 is 11.6 Å². The molecule has 1 atom stereocenters. The minimum absolute atomic E-state index is 0.192. The maximum atomic E-state index is 11.9. The molecule has 20 heavy (non-hydrogen) atoms. The van der Waals surface area contributed by atoms with E-state index in [1.807, 2.05) is 19.1 Å². The molecule has 0 aliphatic rings. The number of benzene rings is 1. The second-order valence-electron chi connectivity index (χ2n) is 4.26. The molecule has 0 aliphatic carbocycles. The Kier molecular flexibility index (Phi) is 4.08. The van der Waals surface area contributed by atoms with Crippen LogP contribution in [-0.2, 0) is 4.79 Å². The van der Waals surface area contributed by atoms with Gasteiger partial charge in [0.05, 0.1) is 11.7 Å². The van der Waals surface area contributed by atoms with E-state index in [2.05, 4.69) is 26.8 Å². The van der Waals surface area contributed by atoms with Crippen molar-refractivity contribution in [2.24, 2.45) is 5.73 Å². The zero-order valence-electron chi connectivity index (χ0n) is 10.9. The number of terminal acetylenes is 1. The lowest BCUT2D eigenvalue weighted by atomic mass is 10.1. The van der Waals surface area contributed by atoms with E-state index in [9.17, 15) is 4.79 Å². The van der Waals surface area contributed by atoms with Crippen LogP contribution in [0.3, 0.4) is 0 Å². The van der Waals surface area contributed by atoms with Crippen LogP contribution in [0.15, 0.2) is 24.5 Å². The molecule has 2 aromatic rings. The summed E-state index contributed by atoms with van der Waals surface area (Å²) in [6, 6.07) is 4.75. The van der Waals surface area contributed by atoms with Gasteiger partial charge in [0.2, 0.25) is 5.91 Å². The topological polar surface area (TPSA) is 98.7 Å². The van der Waals surface area contributed by atoms with Crippen molar-refractivity contribution in [3.8, 4) is 18.0 Å². The lowest BCUT2D eigenvalue weighted by Gasteiger charge is -2.13. The molecule has 3 N–H and O–H groups in total. The van der Waals surface area contributed by atoms with Gasteiger partial charge in [0.15, 0.2) is 0 Å². The third-order valence-electron chi connectivity index (χ3n) is 2.77. The molecule has 1 heterocycles. The molecule has 1 aromatic carbocycles. The van der Waals surface area contributed by atoms with Gasteiger partial charge in [0.1, 0.15) is 6.33 Å². The Balaban J connectivity index is 2.22. The molecule has 7 nitrogen and oxygen atoms in total. The number of anilines is 1. The fourth-order valence-electron chi connectivity index (χ4n) is 1.61. The predicted octanol–water partition coefficient (Wildman–Crippen LogP) is 0.260. The molecular weight excluding hydrogens is 256 g/mol. The van der Waals surface area contributed by atoms with Crippen LogP contribution in [0.4, 0.5) is 5.69 Å². The van der Waals surface area contributed by atoms with Crippen LogP contribution in [0.25, 0.3) is 5.69 Å². The standard InChI is InChI=1S/C13H14N6O/c1-3-4-11(14)13(20)16-12-7-10(6-5-9(12)2)19-8-15-17-18-19/h1,5-8,11H,4,14H2,2H3,(H,16,20). The molecule has 0 saturated carbocycles. The molecule has 1 amide bonds. The molecule has 1 unspecified atom stereocenters. The first-order valence-electron chi connectivity index (χ1n) is 5.95. The molecule has 0 saturated heterocycles. The largest absolute Gasteiger partial charge is 0.324 e. The van der Waals surface area contributed by atoms with Crippen LogP contribution in [-0.4, -0.2) is 32.2 Å². The van der Waals surface area contributed by atoms with Gasteiger partial charge in [-0.15, -0.1) is 17.4 Å². The van der Waals surface area contributed by atoms with E-state index in [0.29, 0.717) is 5.69 Å². The maximum Gasteiger partial charge on any atom is 0.242 e. The molecule has 102 valence electrons. The first kappa shape index (κ1) is 13.7. The van der Waals surface area contributed by atoms with Gasteiger partial charge in [-0.25, -0.2) is 4.68 Å². The van der Waals surface area contributed by atoms with Gasteiger partial charge in [-0.1, -0.05) is 6.07 Å². The number of nitrogens with one attached hydrogen (secondary N) is 1. The fraction of sp³-hybridized carbons (Fsp3) is 0.231. The maximum absolute atomic E-state index is 11.9. The number of carbonyl (C=O) groups is 1. The summed E-state index contributed by atoms with van der Waals surface area (Å²) in [6.45, 7) is 1.88. The number of hydrogen-bond donors (Lipinski definition) is 2. The van der Waals surface area contributed by atoms with Crippen molar-refractivity contribution in [2.75, 3.05) is 5.32 Å².